The minimum Gasteiger partial charge on any atom is -0.334 e. The monoisotopic (exact) mass is 188 g/mol. The van der Waals surface area contributed by atoms with Crippen molar-refractivity contribution in [3.05, 3.63) is 30.1 Å². The highest BCUT2D eigenvalue weighted by Crippen LogP contribution is 2.25. The number of imidazole rings is 1. The van der Waals surface area contributed by atoms with Crippen LogP contribution < -0.4 is 0 Å². The molecule has 0 unspecified atom stereocenters. The zero-order chi connectivity index (χ0) is 10.3. The molecule has 0 aliphatic rings. The Morgan fingerprint density at radius 3 is 2.57 bits per heavy atom. The van der Waals surface area contributed by atoms with Gasteiger partial charge in [0.2, 0.25) is 0 Å². The molecule has 0 N–H and O–H groups in total. The lowest BCUT2D eigenvalue weighted by molar-refractivity contribution is 0.591. The van der Waals surface area contributed by atoms with E-state index in [1.54, 1.807) is 0 Å². The van der Waals surface area contributed by atoms with E-state index in [0.29, 0.717) is 0 Å². The molecule has 74 valence electrons. The van der Waals surface area contributed by atoms with Gasteiger partial charge in [0.25, 0.3) is 0 Å². The molecule has 0 saturated carbocycles. The van der Waals surface area contributed by atoms with E-state index >= 15 is 0 Å². The normalized spacial score (nSPS) is 12.3. The summed E-state index contributed by atoms with van der Waals surface area (Å²) in [5.41, 5.74) is 3.81. The molecular formula is C12H16N2. The van der Waals surface area contributed by atoms with Crippen LogP contribution in [-0.2, 0) is 12.5 Å². The molecule has 1 heterocycles. The summed E-state index contributed by atoms with van der Waals surface area (Å²) in [6, 6.07) is 6.50. The van der Waals surface area contributed by atoms with Crippen molar-refractivity contribution in [1.82, 2.24) is 9.55 Å². The number of hydrogen-bond acceptors (Lipinski definition) is 1. The van der Waals surface area contributed by atoms with E-state index in [1.807, 2.05) is 17.9 Å². The molecule has 0 fully saturated rings. The third-order valence-corrected chi connectivity index (χ3v) is 2.59. The van der Waals surface area contributed by atoms with Crippen molar-refractivity contribution in [1.29, 1.82) is 0 Å². The van der Waals surface area contributed by atoms with Gasteiger partial charge in [0.1, 0.15) is 0 Å². The molecule has 0 amide bonds. The molecule has 2 nitrogen and oxygen atoms in total. The second-order valence-electron chi connectivity index (χ2n) is 4.81. The molecule has 1 aromatic heterocycles. The van der Waals surface area contributed by atoms with E-state index in [9.17, 15) is 0 Å². The molecule has 2 heteroatoms. The van der Waals surface area contributed by atoms with Gasteiger partial charge in [-0.05, 0) is 23.1 Å². The van der Waals surface area contributed by atoms with Crippen molar-refractivity contribution < 1.29 is 0 Å². The molecule has 0 spiro atoms. The number of fused-ring (bicyclic) bond motifs is 1. The third-order valence-electron chi connectivity index (χ3n) is 2.59. The van der Waals surface area contributed by atoms with Crippen LogP contribution in [0.4, 0.5) is 0 Å². The Balaban J connectivity index is 2.63. The zero-order valence-electron chi connectivity index (χ0n) is 9.20. The lowest BCUT2D eigenvalue weighted by atomic mass is 9.87. The van der Waals surface area contributed by atoms with Crippen LogP contribution in [0, 0.1) is 0 Å². The van der Waals surface area contributed by atoms with Crippen molar-refractivity contribution in [2.75, 3.05) is 0 Å². The van der Waals surface area contributed by atoms with E-state index in [2.05, 4.69) is 44.0 Å². The summed E-state index contributed by atoms with van der Waals surface area (Å²) in [7, 11) is 2.02. The van der Waals surface area contributed by atoms with E-state index in [1.165, 1.54) is 11.1 Å². The molecular weight excluding hydrogens is 172 g/mol. The zero-order valence-corrected chi connectivity index (χ0v) is 9.20. The number of nitrogens with zero attached hydrogens (tertiary/aromatic N) is 2. The quantitative estimate of drug-likeness (QED) is 0.621. The van der Waals surface area contributed by atoms with Crippen molar-refractivity contribution >= 4 is 11.0 Å². The second kappa shape index (κ2) is 2.84. The van der Waals surface area contributed by atoms with Gasteiger partial charge in [-0.15, -0.1) is 0 Å². The average Bonchev–Trinajstić information content (AvgIpc) is 2.46. The van der Waals surface area contributed by atoms with Gasteiger partial charge in [-0.3, -0.25) is 0 Å². The summed E-state index contributed by atoms with van der Waals surface area (Å²) in [4.78, 5) is 4.36. The molecule has 2 rings (SSSR count). The largest absolute Gasteiger partial charge is 0.334 e. The third kappa shape index (κ3) is 1.41. The topological polar surface area (TPSA) is 17.8 Å². The number of aromatic nitrogens is 2. The van der Waals surface area contributed by atoms with Gasteiger partial charge >= 0.3 is 0 Å². The highest BCUT2D eigenvalue weighted by atomic mass is 15.0. The highest BCUT2D eigenvalue weighted by molar-refractivity contribution is 5.76. The van der Waals surface area contributed by atoms with E-state index in [4.69, 9.17) is 0 Å². The van der Waals surface area contributed by atoms with E-state index in [0.717, 1.165) is 5.52 Å². The van der Waals surface area contributed by atoms with Crippen LogP contribution in [0.25, 0.3) is 11.0 Å². The SMILES string of the molecule is Cn1cnc2cc(C(C)(C)C)ccc21. The molecule has 0 radical (unpaired) electrons. The Kier molecular flexibility index (Phi) is 1.88. The lowest BCUT2D eigenvalue weighted by Gasteiger charge is -2.18. The molecule has 1 aromatic carbocycles. The maximum atomic E-state index is 4.36. The van der Waals surface area contributed by atoms with Gasteiger partial charge in [-0.25, -0.2) is 4.98 Å². The first-order valence-corrected chi connectivity index (χ1v) is 4.90. The predicted molar refractivity (Wildman–Crippen MR) is 59.4 cm³/mol. The fourth-order valence-electron chi connectivity index (χ4n) is 1.60. The summed E-state index contributed by atoms with van der Waals surface area (Å²) < 4.78 is 2.04. The maximum Gasteiger partial charge on any atom is 0.0955 e. The van der Waals surface area contributed by atoms with Crippen LogP contribution in [0.2, 0.25) is 0 Å². The smallest absolute Gasteiger partial charge is 0.0955 e. The van der Waals surface area contributed by atoms with Gasteiger partial charge in [0, 0.05) is 7.05 Å². The molecule has 14 heavy (non-hydrogen) atoms. The predicted octanol–water partition coefficient (Wildman–Crippen LogP) is 2.87. The number of benzene rings is 1. The Morgan fingerprint density at radius 2 is 1.93 bits per heavy atom. The summed E-state index contributed by atoms with van der Waals surface area (Å²) >= 11 is 0. The van der Waals surface area contributed by atoms with Gasteiger partial charge in [-0.2, -0.15) is 0 Å². The first-order chi connectivity index (χ1) is 6.48. The van der Waals surface area contributed by atoms with Gasteiger partial charge < -0.3 is 4.57 Å². The van der Waals surface area contributed by atoms with Crippen molar-refractivity contribution in [3.63, 3.8) is 0 Å². The van der Waals surface area contributed by atoms with Gasteiger partial charge in [0.15, 0.2) is 0 Å². The molecule has 0 atom stereocenters. The van der Waals surface area contributed by atoms with Crippen LogP contribution in [0.3, 0.4) is 0 Å². The summed E-state index contributed by atoms with van der Waals surface area (Å²) in [5, 5.41) is 0. The van der Waals surface area contributed by atoms with Crippen LogP contribution in [0.5, 0.6) is 0 Å². The summed E-state index contributed by atoms with van der Waals surface area (Å²) in [6.07, 6.45) is 1.86. The van der Waals surface area contributed by atoms with Crippen molar-refractivity contribution in [2.24, 2.45) is 7.05 Å². The Morgan fingerprint density at radius 1 is 1.21 bits per heavy atom. The molecule has 0 aliphatic carbocycles. The standard InChI is InChI=1S/C12H16N2/c1-12(2,3)9-5-6-11-10(7-9)13-8-14(11)4/h5-8H,1-4H3. The van der Waals surface area contributed by atoms with Crippen LogP contribution in [-0.4, -0.2) is 9.55 Å². The van der Waals surface area contributed by atoms with Gasteiger partial charge in [-0.1, -0.05) is 26.8 Å². The summed E-state index contributed by atoms with van der Waals surface area (Å²) in [5.74, 6) is 0. The molecule has 2 aromatic rings. The fraction of sp³-hybridized carbons (Fsp3) is 0.417. The number of hydrogen-bond donors (Lipinski definition) is 0. The van der Waals surface area contributed by atoms with Crippen molar-refractivity contribution in [3.8, 4) is 0 Å². The minimum absolute atomic E-state index is 0.200. The fourth-order valence-corrected chi connectivity index (χ4v) is 1.60. The lowest BCUT2D eigenvalue weighted by Crippen LogP contribution is -2.10. The maximum absolute atomic E-state index is 4.36. The highest BCUT2D eigenvalue weighted by Gasteiger charge is 2.14. The second-order valence-corrected chi connectivity index (χ2v) is 4.81. The van der Waals surface area contributed by atoms with Gasteiger partial charge in [0.05, 0.1) is 17.4 Å². The summed E-state index contributed by atoms with van der Waals surface area (Å²) in [6.45, 7) is 6.66. The Bertz CT molecular complexity index is 461. The number of rotatable bonds is 0. The molecule has 0 aliphatic heterocycles. The first-order valence-electron chi connectivity index (χ1n) is 4.90. The van der Waals surface area contributed by atoms with Crippen LogP contribution in [0.1, 0.15) is 26.3 Å². The van der Waals surface area contributed by atoms with Crippen LogP contribution >= 0.6 is 0 Å². The van der Waals surface area contributed by atoms with E-state index < -0.39 is 0 Å². The minimum atomic E-state index is 0.200. The average molecular weight is 188 g/mol. The Labute approximate surface area is 84.6 Å². The molecule has 0 bridgehead atoms. The molecule has 0 saturated heterocycles. The van der Waals surface area contributed by atoms with Crippen molar-refractivity contribution in [2.45, 2.75) is 26.2 Å². The Hall–Kier alpha value is -1.31. The van der Waals surface area contributed by atoms with Crippen LogP contribution in [0.15, 0.2) is 24.5 Å². The first kappa shape index (κ1) is 9.25. The van der Waals surface area contributed by atoms with E-state index in [-0.39, 0.29) is 5.41 Å². The number of aryl methyl sites for hydroxylation is 1.